The Kier molecular flexibility index (Phi) is 6.64. The Hall–Kier alpha value is -3.03. The fourth-order valence-electron chi connectivity index (χ4n) is 2.66. The number of carbonyl (C=O) groups is 1. The highest BCUT2D eigenvalue weighted by Gasteiger charge is 2.16. The lowest BCUT2D eigenvalue weighted by Crippen LogP contribution is -2.16. The molecule has 0 aliphatic heterocycles. The predicted molar refractivity (Wildman–Crippen MR) is 119 cm³/mol. The Morgan fingerprint density at radius 3 is 2.13 bits per heavy atom. The van der Waals surface area contributed by atoms with E-state index < -0.39 is 10.0 Å². The van der Waals surface area contributed by atoms with E-state index in [1.165, 1.54) is 24.3 Å². The van der Waals surface area contributed by atoms with Crippen molar-refractivity contribution in [1.82, 2.24) is 0 Å². The molecule has 0 saturated carbocycles. The number of carbonyl (C=O) groups excluding carboxylic acids is 1. The molecule has 0 saturated heterocycles. The summed E-state index contributed by atoms with van der Waals surface area (Å²) < 4.78 is 33.2. The number of anilines is 2. The van der Waals surface area contributed by atoms with E-state index in [4.69, 9.17) is 16.3 Å². The number of benzene rings is 3. The van der Waals surface area contributed by atoms with Crippen LogP contribution in [0, 0.1) is 0 Å². The van der Waals surface area contributed by atoms with Gasteiger partial charge in [0.15, 0.2) is 0 Å². The van der Waals surface area contributed by atoms with E-state index in [2.05, 4.69) is 10.0 Å². The molecule has 6 nitrogen and oxygen atoms in total. The molecule has 3 aromatic carbocycles. The lowest BCUT2D eigenvalue weighted by molar-refractivity contribution is 0.102. The summed E-state index contributed by atoms with van der Waals surface area (Å²) in [7, 11) is -3.77. The molecule has 0 aliphatic carbocycles. The standard InChI is InChI=1S/C22H21ClN2O4S/c1-15(2)29-21-6-4-3-5-20(21)22(26)24-17-11-13-19(14-12-17)30(27,28)25-18-9-7-16(23)8-10-18/h3-15,25H,1-2H3,(H,24,26). The van der Waals surface area contributed by atoms with E-state index in [1.807, 2.05) is 13.8 Å². The van der Waals surface area contributed by atoms with Crippen LogP contribution in [0.25, 0.3) is 0 Å². The normalized spacial score (nSPS) is 11.2. The third-order valence-corrected chi connectivity index (χ3v) is 5.66. The first-order chi connectivity index (χ1) is 14.2. The van der Waals surface area contributed by atoms with Crippen LogP contribution >= 0.6 is 11.6 Å². The van der Waals surface area contributed by atoms with Crippen LogP contribution in [0.4, 0.5) is 11.4 Å². The van der Waals surface area contributed by atoms with Crippen LogP contribution in [0.2, 0.25) is 5.02 Å². The van der Waals surface area contributed by atoms with Gasteiger partial charge >= 0.3 is 0 Å². The van der Waals surface area contributed by atoms with Crippen molar-refractivity contribution in [1.29, 1.82) is 0 Å². The van der Waals surface area contributed by atoms with E-state index >= 15 is 0 Å². The van der Waals surface area contributed by atoms with Crippen molar-refractivity contribution in [3.05, 3.63) is 83.4 Å². The summed E-state index contributed by atoms with van der Waals surface area (Å²) >= 11 is 5.82. The number of para-hydroxylation sites is 1. The van der Waals surface area contributed by atoms with Crippen molar-refractivity contribution in [3.63, 3.8) is 0 Å². The fraction of sp³-hybridized carbons (Fsp3) is 0.136. The number of ether oxygens (including phenoxy) is 1. The highest BCUT2D eigenvalue weighted by molar-refractivity contribution is 7.92. The maximum atomic E-state index is 12.6. The molecule has 1 amide bonds. The zero-order valence-corrected chi connectivity index (χ0v) is 18.0. The number of rotatable bonds is 7. The van der Waals surface area contributed by atoms with Crippen LogP contribution in [0.5, 0.6) is 5.75 Å². The minimum Gasteiger partial charge on any atom is -0.490 e. The summed E-state index contributed by atoms with van der Waals surface area (Å²) in [4.78, 5) is 12.7. The molecule has 0 bridgehead atoms. The largest absolute Gasteiger partial charge is 0.490 e. The minimum absolute atomic E-state index is 0.0685. The first-order valence-corrected chi connectivity index (χ1v) is 11.1. The monoisotopic (exact) mass is 444 g/mol. The van der Waals surface area contributed by atoms with Gasteiger partial charge in [0.2, 0.25) is 0 Å². The number of amides is 1. The molecule has 0 heterocycles. The number of halogens is 1. The molecule has 0 radical (unpaired) electrons. The first-order valence-electron chi connectivity index (χ1n) is 9.20. The van der Waals surface area contributed by atoms with Gasteiger partial charge in [-0.2, -0.15) is 0 Å². The Bertz CT molecular complexity index is 1130. The molecule has 0 aromatic heterocycles. The van der Waals surface area contributed by atoms with Gasteiger partial charge in [0.05, 0.1) is 16.6 Å². The minimum atomic E-state index is -3.77. The van der Waals surface area contributed by atoms with Crippen molar-refractivity contribution in [2.24, 2.45) is 0 Å². The molecule has 8 heteroatoms. The topological polar surface area (TPSA) is 84.5 Å². The molecule has 2 N–H and O–H groups in total. The van der Waals surface area contributed by atoms with E-state index in [9.17, 15) is 13.2 Å². The third-order valence-electron chi connectivity index (χ3n) is 4.01. The lowest BCUT2D eigenvalue weighted by atomic mass is 10.1. The highest BCUT2D eigenvalue weighted by atomic mass is 35.5. The third kappa shape index (κ3) is 5.52. The van der Waals surface area contributed by atoms with Gasteiger partial charge in [-0.15, -0.1) is 0 Å². The number of sulfonamides is 1. The van der Waals surface area contributed by atoms with Crippen molar-refractivity contribution in [2.45, 2.75) is 24.8 Å². The molecule has 0 unspecified atom stereocenters. The Morgan fingerprint density at radius 2 is 1.50 bits per heavy atom. The van der Waals surface area contributed by atoms with Crippen LogP contribution in [-0.2, 0) is 10.0 Å². The predicted octanol–water partition coefficient (Wildman–Crippen LogP) is 5.18. The molecular formula is C22H21ClN2O4S. The Labute approximate surface area is 180 Å². The van der Waals surface area contributed by atoms with Crippen LogP contribution in [0.3, 0.4) is 0 Å². The van der Waals surface area contributed by atoms with E-state index in [0.717, 1.165) is 0 Å². The van der Waals surface area contributed by atoms with Gasteiger partial charge in [-0.1, -0.05) is 23.7 Å². The first kappa shape index (κ1) is 21.7. The Morgan fingerprint density at radius 1 is 0.900 bits per heavy atom. The maximum absolute atomic E-state index is 12.6. The van der Waals surface area contributed by atoms with Crippen molar-refractivity contribution < 1.29 is 17.9 Å². The number of hydrogen-bond donors (Lipinski definition) is 2. The Balaban J connectivity index is 1.73. The van der Waals surface area contributed by atoms with Crippen LogP contribution in [-0.4, -0.2) is 20.4 Å². The quantitative estimate of drug-likeness (QED) is 0.525. The van der Waals surface area contributed by atoms with Gasteiger partial charge in [-0.05, 0) is 74.5 Å². The molecule has 0 atom stereocenters. The molecule has 156 valence electrons. The molecule has 3 rings (SSSR count). The van der Waals surface area contributed by atoms with Gasteiger partial charge in [0.25, 0.3) is 15.9 Å². The second-order valence-electron chi connectivity index (χ2n) is 6.75. The summed E-state index contributed by atoms with van der Waals surface area (Å²) in [6.45, 7) is 3.76. The highest BCUT2D eigenvalue weighted by Crippen LogP contribution is 2.23. The smallest absolute Gasteiger partial charge is 0.261 e. The van der Waals surface area contributed by atoms with E-state index in [-0.39, 0.29) is 16.9 Å². The van der Waals surface area contributed by atoms with E-state index in [0.29, 0.717) is 27.7 Å². The molecule has 3 aromatic rings. The molecular weight excluding hydrogens is 424 g/mol. The summed E-state index contributed by atoms with van der Waals surface area (Å²) in [5, 5.41) is 3.27. The van der Waals surface area contributed by atoms with Gasteiger partial charge in [-0.3, -0.25) is 9.52 Å². The zero-order valence-electron chi connectivity index (χ0n) is 16.4. The van der Waals surface area contributed by atoms with Gasteiger partial charge < -0.3 is 10.1 Å². The molecule has 30 heavy (non-hydrogen) atoms. The molecule has 0 fully saturated rings. The average Bonchev–Trinajstić information content (AvgIpc) is 2.70. The zero-order chi connectivity index (χ0) is 21.7. The summed E-state index contributed by atoms with van der Waals surface area (Å²) in [5.74, 6) is 0.137. The fourth-order valence-corrected chi connectivity index (χ4v) is 3.84. The van der Waals surface area contributed by atoms with Crippen molar-refractivity contribution in [2.75, 3.05) is 10.0 Å². The number of nitrogens with one attached hydrogen (secondary N) is 2. The second-order valence-corrected chi connectivity index (χ2v) is 8.87. The summed E-state index contributed by atoms with van der Waals surface area (Å²) in [5.41, 5.74) is 1.26. The van der Waals surface area contributed by atoms with Gasteiger partial charge in [0.1, 0.15) is 5.75 Å². The number of hydrogen-bond acceptors (Lipinski definition) is 4. The molecule has 0 aliphatic rings. The van der Waals surface area contributed by atoms with Crippen LogP contribution < -0.4 is 14.8 Å². The molecule has 0 spiro atoms. The SMILES string of the molecule is CC(C)Oc1ccccc1C(=O)Nc1ccc(S(=O)(=O)Nc2ccc(Cl)cc2)cc1. The maximum Gasteiger partial charge on any atom is 0.261 e. The van der Waals surface area contributed by atoms with E-state index in [1.54, 1.807) is 48.5 Å². The summed E-state index contributed by atoms with van der Waals surface area (Å²) in [6.07, 6.45) is -0.0726. The average molecular weight is 445 g/mol. The van der Waals surface area contributed by atoms with Gasteiger partial charge in [-0.25, -0.2) is 8.42 Å². The second kappa shape index (κ2) is 9.19. The van der Waals surface area contributed by atoms with Gasteiger partial charge in [0, 0.05) is 16.4 Å². The lowest BCUT2D eigenvalue weighted by Gasteiger charge is -2.14. The van der Waals surface area contributed by atoms with Crippen molar-refractivity contribution in [3.8, 4) is 5.75 Å². The van der Waals surface area contributed by atoms with Crippen LogP contribution in [0.15, 0.2) is 77.7 Å². The van der Waals surface area contributed by atoms with Crippen LogP contribution in [0.1, 0.15) is 24.2 Å². The van der Waals surface area contributed by atoms with Crippen molar-refractivity contribution >= 4 is 38.9 Å². The summed E-state index contributed by atoms with van der Waals surface area (Å²) in [6, 6.07) is 19.2.